The number of rotatable bonds is 7. The lowest BCUT2D eigenvalue weighted by molar-refractivity contribution is 0.502. The first kappa shape index (κ1) is 16.0. The number of nitrogens with one attached hydrogen (secondary N) is 1. The van der Waals surface area contributed by atoms with Crippen molar-refractivity contribution in [2.75, 3.05) is 18.5 Å². The van der Waals surface area contributed by atoms with Gasteiger partial charge in [-0.1, -0.05) is 20.8 Å². The highest BCUT2D eigenvalue weighted by Crippen LogP contribution is 2.19. The van der Waals surface area contributed by atoms with Gasteiger partial charge in [-0.3, -0.25) is 0 Å². The van der Waals surface area contributed by atoms with E-state index in [0.29, 0.717) is 12.0 Å². The fourth-order valence-electron chi connectivity index (χ4n) is 2.07. The van der Waals surface area contributed by atoms with Gasteiger partial charge in [-0.05, 0) is 50.4 Å². The lowest BCUT2D eigenvalue weighted by Crippen LogP contribution is -2.34. The Morgan fingerprint density at radius 2 is 1.95 bits per heavy atom. The van der Waals surface area contributed by atoms with Crippen molar-refractivity contribution in [1.29, 1.82) is 0 Å². The van der Waals surface area contributed by atoms with Crippen LogP contribution in [-0.2, 0) is 6.54 Å². The highest BCUT2D eigenvalue weighted by atomic mass is 15.2. The molecule has 0 aliphatic carbocycles. The van der Waals surface area contributed by atoms with Crippen LogP contribution in [0.15, 0.2) is 12.1 Å². The van der Waals surface area contributed by atoms with Crippen molar-refractivity contribution in [1.82, 2.24) is 10.3 Å². The molecule has 1 aromatic heterocycles. The Morgan fingerprint density at radius 3 is 2.53 bits per heavy atom. The topological polar surface area (TPSA) is 28.2 Å². The molecule has 1 heterocycles. The molecule has 0 spiro atoms. The van der Waals surface area contributed by atoms with E-state index < -0.39 is 0 Å². The summed E-state index contributed by atoms with van der Waals surface area (Å²) in [4.78, 5) is 6.94. The van der Waals surface area contributed by atoms with Crippen molar-refractivity contribution in [2.24, 2.45) is 5.92 Å². The summed E-state index contributed by atoms with van der Waals surface area (Å²) in [5.41, 5.74) is 2.41. The molecular formula is C16H29N3. The molecule has 19 heavy (non-hydrogen) atoms. The number of nitrogens with zero attached hydrogens (tertiary/aromatic N) is 2. The summed E-state index contributed by atoms with van der Waals surface area (Å²) in [5, 5.41) is 3.45. The molecule has 0 fully saturated rings. The molecule has 1 atom stereocenters. The van der Waals surface area contributed by atoms with E-state index >= 15 is 0 Å². The number of hydrogen-bond donors (Lipinski definition) is 1. The van der Waals surface area contributed by atoms with Crippen molar-refractivity contribution in [3.05, 3.63) is 23.4 Å². The SMILES string of the molecule is CCCNCc1cc(C)nc(N(C)C(C)C(C)C)c1. The van der Waals surface area contributed by atoms with Gasteiger partial charge in [0.15, 0.2) is 0 Å². The molecule has 0 saturated heterocycles. The maximum absolute atomic E-state index is 4.66. The van der Waals surface area contributed by atoms with E-state index in [-0.39, 0.29) is 0 Å². The predicted octanol–water partition coefficient (Wildman–Crippen LogP) is 3.37. The third-order valence-electron chi connectivity index (χ3n) is 3.69. The Kier molecular flexibility index (Phi) is 6.29. The molecule has 1 aromatic rings. The summed E-state index contributed by atoms with van der Waals surface area (Å²) in [6.07, 6.45) is 1.17. The maximum atomic E-state index is 4.66. The number of aryl methyl sites for hydroxylation is 1. The molecule has 0 radical (unpaired) electrons. The fourth-order valence-corrected chi connectivity index (χ4v) is 2.07. The first-order chi connectivity index (χ1) is 8.95. The minimum absolute atomic E-state index is 0.491. The van der Waals surface area contributed by atoms with Crippen LogP contribution in [0.2, 0.25) is 0 Å². The van der Waals surface area contributed by atoms with Crippen LogP contribution in [0.5, 0.6) is 0 Å². The average molecular weight is 263 g/mol. The Bertz CT molecular complexity index is 388. The summed E-state index contributed by atoms with van der Waals surface area (Å²) in [6, 6.07) is 4.86. The molecule has 0 saturated carbocycles. The molecule has 0 bridgehead atoms. The van der Waals surface area contributed by atoms with E-state index in [1.807, 2.05) is 0 Å². The predicted molar refractivity (Wildman–Crippen MR) is 83.7 cm³/mol. The van der Waals surface area contributed by atoms with Gasteiger partial charge in [-0.25, -0.2) is 4.98 Å². The highest BCUT2D eigenvalue weighted by Gasteiger charge is 2.15. The van der Waals surface area contributed by atoms with Crippen LogP contribution < -0.4 is 10.2 Å². The van der Waals surface area contributed by atoms with Gasteiger partial charge in [0, 0.05) is 25.3 Å². The van der Waals surface area contributed by atoms with Crippen LogP contribution in [0.4, 0.5) is 5.82 Å². The van der Waals surface area contributed by atoms with Gasteiger partial charge >= 0.3 is 0 Å². The number of aromatic nitrogens is 1. The van der Waals surface area contributed by atoms with Crippen LogP contribution in [0, 0.1) is 12.8 Å². The second kappa shape index (κ2) is 7.49. The summed E-state index contributed by atoms with van der Waals surface area (Å²) < 4.78 is 0. The first-order valence-electron chi connectivity index (χ1n) is 7.36. The quantitative estimate of drug-likeness (QED) is 0.765. The number of hydrogen-bond acceptors (Lipinski definition) is 3. The van der Waals surface area contributed by atoms with Crippen LogP contribution in [0.3, 0.4) is 0 Å². The van der Waals surface area contributed by atoms with Crippen LogP contribution in [0.1, 0.15) is 45.4 Å². The molecule has 1 unspecified atom stereocenters. The second-order valence-electron chi connectivity index (χ2n) is 5.75. The van der Waals surface area contributed by atoms with E-state index in [0.717, 1.165) is 24.6 Å². The van der Waals surface area contributed by atoms with Gasteiger partial charge in [0.25, 0.3) is 0 Å². The van der Waals surface area contributed by atoms with Gasteiger partial charge in [-0.15, -0.1) is 0 Å². The average Bonchev–Trinajstić information content (AvgIpc) is 2.36. The van der Waals surface area contributed by atoms with Gasteiger partial charge in [0.2, 0.25) is 0 Å². The van der Waals surface area contributed by atoms with Crippen LogP contribution in [0.25, 0.3) is 0 Å². The second-order valence-corrected chi connectivity index (χ2v) is 5.75. The largest absolute Gasteiger partial charge is 0.357 e. The van der Waals surface area contributed by atoms with Crippen molar-refractivity contribution >= 4 is 5.82 Å². The van der Waals surface area contributed by atoms with E-state index in [4.69, 9.17) is 0 Å². The molecule has 0 aromatic carbocycles. The van der Waals surface area contributed by atoms with Crippen molar-refractivity contribution in [2.45, 2.75) is 53.6 Å². The molecule has 0 aliphatic rings. The van der Waals surface area contributed by atoms with Crippen molar-refractivity contribution in [3.63, 3.8) is 0 Å². The first-order valence-corrected chi connectivity index (χ1v) is 7.36. The Labute approximate surface area is 118 Å². The van der Waals surface area contributed by atoms with Gasteiger partial charge < -0.3 is 10.2 Å². The lowest BCUT2D eigenvalue weighted by atomic mass is 10.1. The Hall–Kier alpha value is -1.09. The van der Waals surface area contributed by atoms with Gasteiger partial charge in [0.1, 0.15) is 5.82 Å². The Balaban J connectivity index is 2.83. The zero-order chi connectivity index (χ0) is 14.4. The zero-order valence-electron chi connectivity index (χ0n) is 13.3. The van der Waals surface area contributed by atoms with E-state index in [9.17, 15) is 0 Å². The lowest BCUT2D eigenvalue weighted by Gasteiger charge is -2.29. The van der Waals surface area contributed by atoms with E-state index in [1.165, 1.54) is 12.0 Å². The smallest absolute Gasteiger partial charge is 0.129 e. The summed E-state index contributed by atoms with van der Waals surface area (Å²) in [7, 11) is 2.13. The zero-order valence-corrected chi connectivity index (χ0v) is 13.3. The molecule has 108 valence electrons. The standard InChI is InChI=1S/C16H29N3/c1-7-8-17-11-15-9-13(4)18-16(10-15)19(6)14(5)12(2)3/h9-10,12,14,17H,7-8,11H2,1-6H3. The molecule has 1 rings (SSSR count). The van der Waals surface area contributed by atoms with Crippen LogP contribution in [-0.4, -0.2) is 24.6 Å². The molecule has 3 nitrogen and oxygen atoms in total. The number of pyridine rings is 1. The minimum Gasteiger partial charge on any atom is -0.357 e. The summed E-state index contributed by atoms with van der Waals surface area (Å²) in [5.74, 6) is 1.70. The monoisotopic (exact) mass is 263 g/mol. The molecular weight excluding hydrogens is 234 g/mol. The van der Waals surface area contributed by atoms with Crippen LogP contribution >= 0.6 is 0 Å². The fraction of sp³-hybridized carbons (Fsp3) is 0.688. The highest BCUT2D eigenvalue weighted by molar-refractivity contribution is 5.43. The van der Waals surface area contributed by atoms with Gasteiger partial charge in [-0.2, -0.15) is 0 Å². The third-order valence-corrected chi connectivity index (χ3v) is 3.69. The van der Waals surface area contributed by atoms with Crippen molar-refractivity contribution in [3.8, 4) is 0 Å². The summed E-state index contributed by atoms with van der Waals surface area (Å²) >= 11 is 0. The maximum Gasteiger partial charge on any atom is 0.129 e. The molecule has 1 N–H and O–H groups in total. The molecule has 0 aliphatic heterocycles. The molecule has 3 heteroatoms. The van der Waals surface area contributed by atoms with Crippen molar-refractivity contribution < 1.29 is 0 Å². The molecule has 0 amide bonds. The third kappa shape index (κ3) is 4.83. The van der Waals surface area contributed by atoms with Gasteiger partial charge in [0.05, 0.1) is 0 Å². The van der Waals surface area contributed by atoms with E-state index in [2.05, 4.69) is 69.0 Å². The number of anilines is 1. The normalized spacial score (nSPS) is 12.8. The van der Waals surface area contributed by atoms with E-state index in [1.54, 1.807) is 0 Å². The summed E-state index contributed by atoms with van der Waals surface area (Å²) in [6.45, 7) is 13.0. The minimum atomic E-state index is 0.491. The Morgan fingerprint density at radius 1 is 1.26 bits per heavy atom.